The molecule has 114 valence electrons. The fourth-order valence-electron chi connectivity index (χ4n) is 2.68. The SMILES string of the molecule is NN1C(C2(C(F)(F)F)CCC2)=NS(=O)(=O)c2ccccc21. The van der Waals surface area contributed by atoms with Crippen molar-refractivity contribution in [1.82, 2.24) is 0 Å². The molecular formula is C12H12F3N3O2S. The highest BCUT2D eigenvalue weighted by Gasteiger charge is 2.64. The molecule has 1 fully saturated rings. The summed E-state index contributed by atoms with van der Waals surface area (Å²) >= 11 is 0. The van der Waals surface area contributed by atoms with Gasteiger partial charge >= 0.3 is 6.18 Å². The molecule has 3 rings (SSSR count). The lowest BCUT2D eigenvalue weighted by Gasteiger charge is -2.46. The van der Waals surface area contributed by atoms with Crippen LogP contribution >= 0.6 is 0 Å². The van der Waals surface area contributed by atoms with Crippen molar-refractivity contribution in [3.05, 3.63) is 24.3 Å². The molecule has 0 aromatic heterocycles. The van der Waals surface area contributed by atoms with Gasteiger partial charge in [-0.05, 0) is 25.0 Å². The highest BCUT2D eigenvalue weighted by molar-refractivity contribution is 7.90. The van der Waals surface area contributed by atoms with Gasteiger partial charge in [-0.1, -0.05) is 18.6 Å². The molecule has 0 unspecified atom stereocenters. The van der Waals surface area contributed by atoms with E-state index in [0.29, 0.717) is 6.42 Å². The molecular weight excluding hydrogens is 307 g/mol. The van der Waals surface area contributed by atoms with Crippen LogP contribution in [0, 0.1) is 5.41 Å². The van der Waals surface area contributed by atoms with E-state index in [0.717, 1.165) is 5.01 Å². The minimum atomic E-state index is -4.59. The maximum absolute atomic E-state index is 13.4. The molecule has 1 saturated carbocycles. The standard InChI is InChI=1S/C12H12F3N3O2S/c13-12(14,15)11(6-3-7-11)10-17-21(19,20)9-5-2-1-4-8(9)18(10)16/h1-2,4-5H,3,6-7,16H2. The lowest BCUT2D eigenvalue weighted by molar-refractivity contribution is -0.220. The van der Waals surface area contributed by atoms with Crippen molar-refractivity contribution in [2.75, 3.05) is 5.01 Å². The zero-order chi connectivity index (χ0) is 15.5. The Kier molecular flexibility index (Phi) is 2.87. The van der Waals surface area contributed by atoms with E-state index in [1.165, 1.54) is 24.3 Å². The number of fused-ring (bicyclic) bond motifs is 1. The first-order chi connectivity index (χ1) is 9.69. The van der Waals surface area contributed by atoms with Crippen molar-refractivity contribution < 1.29 is 21.6 Å². The molecule has 0 amide bonds. The minimum absolute atomic E-state index is 0.0121. The van der Waals surface area contributed by atoms with Crippen LogP contribution in [-0.2, 0) is 10.0 Å². The number of halogens is 3. The van der Waals surface area contributed by atoms with E-state index in [1.807, 2.05) is 0 Å². The molecule has 0 spiro atoms. The van der Waals surface area contributed by atoms with Crippen LogP contribution in [0.2, 0.25) is 0 Å². The zero-order valence-electron chi connectivity index (χ0n) is 10.8. The molecule has 1 aliphatic heterocycles. The number of para-hydroxylation sites is 1. The van der Waals surface area contributed by atoms with Crippen molar-refractivity contribution in [2.45, 2.75) is 30.3 Å². The van der Waals surface area contributed by atoms with E-state index in [2.05, 4.69) is 4.40 Å². The third-order valence-electron chi connectivity index (χ3n) is 4.02. The Balaban J connectivity index is 2.20. The van der Waals surface area contributed by atoms with Crippen molar-refractivity contribution in [3.8, 4) is 0 Å². The van der Waals surface area contributed by atoms with Gasteiger partial charge in [0.15, 0.2) is 5.84 Å². The predicted molar refractivity (Wildman–Crippen MR) is 70.1 cm³/mol. The smallest absolute Gasteiger partial charge is 0.263 e. The summed E-state index contributed by atoms with van der Waals surface area (Å²) in [7, 11) is -4.18. The first-order valence-electron chi connectivity index (χ1n) is 6.25. The molecule has 21 heavy (non-hydrogen) atoms. The number of amidine groups is 1. The topological polar surface area (TPSA) is 75.8 Å². The molecule has 0 bridgehead atoms. The van der Waals surface area contributed by atoms with Crippen LogP contribution in [0.15, 0.2) is 33.6 Å². The van der Waals surface area contributed by atoms with E-state index < -0.39 is 27.5 Å². The summed E-state index contributed by atoms with van der Waals surface area (Å²) in [6, 6.07) is 5.61. The molecule has 0 atom stereocenters. The summed E-state index contributed by atoms with van der Waals surface area (Å²) in [4.78, 5) is -0.187. The molecule has 9 heteroatoms. The lowest BCUT2D eigenvalue weighted by Crippen LogP contribution is -2.59. The highest BCUT2D eigenvalue weighted by atomic mass is 32.2. The van der Waals surface area contributed by atoms with Crippen molar-refractivity contribution >= 4 is 21.5 Å². The number of hydrazine groups is 1. The quantitative estimate of drug-likeness (QED) is 0.805. The number of nitrogens with zero attached hydrogens (tertiary/aromatic N) is 2. The molecule has 5 nitrogen and oxygen atoms in total. The van der Waals surface area contributed by atoms with Crippen LogP contribution < -0.4 is 10.9 Å². The van der Waals surface area contributed by atoms with Gasteiger partial charge in [0.25, 0.3) is 10.0 Å². The summed E-state index contributed by atoms with van der Waals surface area (Å²) in [5.74, 6) is 5.10. The predicted octanol–water partition coefficient (Wildman–Crippen LogP) is 2.20. The van der Waals surface area contributed by atoms with Gasteiger partial charge in [-0.25, -0.2) is 5.84 Å². The molecule has 1 aromatic carbocycles. The molecule has 1 aliphatic carbocycles. The van der Waals surface area contributed by atoms with E-state index in [9.17, 15) is 21.6 Å². The Morgan fingerprint density at radius 1 is 1.24 bits per heavy atom. The monoisotopic (exact) mass is 319 g/mol. The number of rotatable bonds is 1. The van der Waals surface area contributed by atoms with Crippen molar-refractivity contribution in [1.29, 1.82) is 0 Å². The maximum Gasteiger partial charge on any atom is 0.401 e. The van der Waals surface area contributed by atoms with Gasteiger partial charge in [0.1, 0.15) is 10.3 Å². The highest BCUT2D eigenvalue weighted by Crippen LogP contribution is 2.55. The fourth-order valence-corrected chi connectivity index (χ4v) is 3.95. The van der Waals surface area contributed by atoms with Crippen LogP contribution in [0.5, 0.6) is 0 Å². The molecule has 0 radical (unpaired) electrons. The normalized spacial score (nSPS) is 23.0. The third-order valence-corrected chi connectivity index (χ3v) is 5.33. The average Bonchev–Trinajstić information content (AvgIpc) is 2.32. The first-order valence-corrected chi connectivity index (χ1v) is 7.69. The molecule has 0 saturated heterocycles. The van der Waals surface area contributed by atoms with Crippen LogP contribution in [0.1, 0.15) is 19.3 Å². The first kappa shape index (κ1) is 14.3. The van der Waals surface area contributed by atoms with Gasteiger partial charge in [-0.3, -0.25) is 5.01 Å². The van der Waals surface area contributed by atoms with E-state index in [-0.39, 0.29) is 23.4 Å². The molecule has 2 aliphatic rings. The Hall–Kier alpha value is -1.61. The van der Waals surface area contributed by atoms with E-state index in [1.54, 1.807) is 0 Å². The second kappa shape index (κ2) is 4.20. The maximum atomic E-state index is 13.4. The average molecular weight is 319 g/mol. The minimum Gasteiger partial charge on any atom is -0.263 e. The molecule has 2 N–H and O–H groups in total. The number of hydrogen-bond donors (Lipinski definition) is 1. The zero-order valence-corrected chi connectivity index (χ0v) is 11.6. The Morgan fingerprint density at radius 2 is 1.86 bits per heavy atom. The summed E-state index contributed by atoms with van der Waals surface area (Å²) in [5, 5.41) is 0.753. The number of anilines is 1. The van der Waals surface area contributed by atoms with Crippen molar-refractivity contribution in [2.24, 2.45) is 15.7 Å². The van der Waals surface area contributed by atoms with E-state index >= 15 is 0 Å². The second-order valence-corrected chi connectivity index (χ2v) is 6.73. The Bertz CT molecular complexity index is 724. The molecule has 1 heterocycles. The van der Waals surface area contributed by atoms with Crippen LogP contribution in [0.3, 0.4) is 0 Å². The van der Waals surface area contributed by atoms with Gasteiger partial charge < -0.3 is 0 Å². The fraction of sp³-hybridized carbons (Fsp3) is 0.417. The van der Waals surface area contributed by atoms with Crippen molar-refractivity contribution in [3.63, 3.8) is 0 Å². The van der Waals surface area contributed by atoms with Gasteiger partial charge in [0.2, 0.25) is 0 Å². The van der Waals surface area contributed by atoms with Gasteiger partial charge in [0, 0.05) is 0 Å². The lowest BCUT2D eigenvalue weighted by atomic mass is 9.67. The summed E-state index contributed by atoms with van der Waals surface area (Å²) in [5.41, 5.74) is -2.26. The summed E-state index contributed by atoms with van der Waals surface area (Å²) < 4.78 is 67.7. The second-order valence-electron chi connectivity index (χ2n) is 5.16. The number of benzene rings is 1. The largest absolute Gasteiger partial charge is 0.401 e. The van der Waals surface area contributed by atoms with Crippen LogP contribution in [0.4, 0.5) is 18.9 Å². The molecule has 1 aromatic rings. The van der Waals surface area contributed by atoms with Gasteiger partial charge in [-0.15, -0.1) is 4.40 Å². The van der Waals surface area contributed by atoms with Crippen LogP contribution in [0.25, 0.3) is 0 Å². The van der Waals surface area contributed by atoms with Gasteiger partial charge in [-0.2, -0.15) is 21.6 Å². The number of hydrogen-bond acceptors (Lipinski definition) is 4. The van der Waals surface area contributed by atoms with Gasteiger partial charge in [0.05, 0.1) is 5.69 Å². The number of alkyl halides is 3. The third kappa shape index (κ3) is 1.87. The number of nitrogens with two attached hydrogens (primary N) is 1. The van der Waals surface area contributed by atoms with E-state index in [4.69, 9.17) is 5.84 Å². The number of sulfonamides is 1. The summed E-state index contributed by atoms with van der Waals surface area (Å²) in [6.07, 6.45) is -4.65. The Labute approximate surface area is 119 Å². The van der Waals surface area contributed by atoms with Crippen LogP contribution in [-0.4, -0.2) is 20.4 Å². The summed E-state index contributed by atoms with van der Waals surface area (Å²) in [6.45, 7) is 0. The Morgan fingerprint density at radius 3 is 2.38 bits per heavy atom.